The molecular formula is C11H17KN2. The van der Waals surface area contributed by atoms with E-state index in [4.69, 9.17) is 0 Å². The second-order valence-electron chi connectivity index (χ2n) is 2.87. The van der Waals surface area contributed by atoms with Crippen molar-refractivity contribution in [3.8, 4) is 0 Å². The second kappa shape index (κ2) is 7.71. The first-order chi connectivity index (χ1) is 6.36. The van der Waals surface area contributed by atoms with Gasteiger partial charge in [0.05, 0.1) is 0 Å². The minimum atomic E-state index is 0. The zero-order chi connectivity index (χ0) is 9.68. The Bertz CT molecular complexity index is 230. The fourth-order valence-corrected chi connectivity index (χ4v) is 1.28. The molecule has 0 spiro atoms. The van der Waals surface area contributed by atoms with E-state index in [1.807, 2.05) is 20.1 Å². The first-order valence-corrected chi connectivity index (χ1v) is 4.89. The van der Waals surface area contributed by atoms with Gasteiger partial charge in [0, 0.05) is 18.7 Å². The van der Waals surface area contributed by atoms with Crippen molar-refractivity contribution in [1.82, 2.24) is 5.32 Å². The van der Waals surface area contributed by atoms with Gasteiger partial charge >= 0.3 is 51.4 Å². The molecule has 2 aliphatic rings. The summed E-state index contributed by atoms with van der Waals surface area (Å²) in [6, 6.07) is 0. The molecular weight excluding hydrogens is 199 g/mol. The van der Waals surface area contributed by atoms with Crippen molar-refractivity contribution in [3.63, 3.8) is 0 Å². The van der Waals surface area contributed by atoms with E-state index in [1.54, 1.807) is 0 Å². The average molecular weight is 216 g/mol. The molecule has 0 saturated heterocycles. The van der Waals surface area contributed by atoms with Gasteiger partial charge in [0.15, 0.2) is 0 Å². The van der Waals surface area contributed by atoms with Crippen LogP contribution in [0.3, 0.4) is 0 Å². The van der Waals surface area contributed by atoms with Crippen LogP contribution in [-0.4, -0.2) is 12.8 Å². The SMILES string of the molecule is CC.C[C-]1C=CC2=C(CCN2)N=C1.[K+]. The number of aliphatic imine (C=N–C) groups is 1. The maximum atomic E-state index is 4.36. The molecule has 14 heavy (non-hydrogen) atoms. The van der Waals surface area contributed by atoms with Crippen LogP contribution in [0.1, 0.15) is 27.2 Å². The summed E-state index contributed by atoms with van der Waals surface area (Å²) in [7, 11) is 0. The van der Waals surface area contributed by atoms with E-state index < -0.39 is 0 Å². The van der Waals surface area contributed by atoms with Gasteiger partial charge in [-0.1, -0.05) is 20.1 Å². The quantitative estimate of drug-likeness (QED) is 0.427. The summed E-state index contributed by atoms with van der Waals surface area (Å²) in [5.41, 5.74) is 2.39. The summed E-state index contributed by atoms with van der Waals surface area (Å²) in [5.74, 6) is 1.21. The molecule has 0 bridgehead atoms. The summed E-state index contributed by atoms with van der Waals surface area (Å²) in [6.07, 6.45) is 7.17. The molecule has 0 atom stereocenters. The predicted octanol–water partition coefficient (Wildman–Crippen LogP) is -0.544. The Morgan fingerprint density at radius 1 is 1.43 bits per heavy atom. The summed E-state index contributed by atoms with van der Waals surface area (Å²) in [4.78, 5) is 4.36. The summed E-state index contributed by atoms with van der Waals surface area (Å²) in [6.45, 7) is 7.09. The van der Waals surface area contributed by atoms with Gasteiger partial charge in [0.1, 0.15) is 0 Å². The normalized spacial score (nSPS) is 17.5. The van der Waals surface area contributed by atoms with Crippen molar-refractivity contribution in [2.45, 2.75) is 27.2 Å². The maximum Gasteiger partial charge on any atom is 1.00 e. The van der Waals surface area contributed by atoms with Gasteiger partial charge in [-0.3, -0.25) is 4.99 Å². The molecule has 0 fully saturated rings. The van der Waals surface area contributed by atoms with E-state index in [1.165, 1.54) is 17.3 Å². The van der Waals surface area contributed by atoms with Crippen molar-refractivity contribution in [3.05, 3.63) is 29.5 Å². The zero-order valence-corrected chi connectivity index (χ0v) is 12.7. The van der Waals surface area contributed by atoms with Crippen LogP contribution in [0.25, 0.3) is 0 Å². The predicted molar refractivity (Wildman–Crippen MR) is 57.5 cm³/mol. The minimum Gasteiger partial charge on any atom is -0.398 e. The Balaban J connectivity index is 0.000000531. The third-order valence-corrected chi connectivity index (χ3v) is 1.93. The van der Waals surface area contributed by atoms with Crippen LogP contribution in [0.2, 0.25) is 0 Å². The Morgan fingerprint density at radius 2 is 2.14 bits per heavy atom. The Morgan fingerprint density at radius 3 is 2.86 bits per heavy atom. The first kappa shape index (κ1) is 14.5. The van der Waals surface area contributed by atoms with Gasteiger partial charge in [-0.25, -0.2) is 6.08 Å². The minimum absolute atomic E-state index is 0. The van der Waals surface area contributed by atoms with Gasteiger partial charge in [-0.05, 0) is 5.70 Å². The Hall–Kier alpha value is 0.456. The molecule has 0 amide bonds. The molecule has 0 unspecified atom stereocenters. The summed E-state index contributed by atoms with van der Waals surface area (Å²) in [5, 5.41) is 3.28. The Labute approximate surface area is 129 Å². The van der Waals surface area contributed by atoms with Crippen LogP contribution in [-0.2, 0) is 0 Å². The molecule has 0 aliphatic carbocycles. The molecule has 0 aromatic heterocycles. The molecule has 2 rings (SSSR count). The first-order valence-electron chi connectivity index (χ1n) is 4.89. The Kier molecular flexibility index (Phi) is 7.96. The van der Waals surface area contributed by atoms with E-state index in [-0.39, 0.29) is 51.4 Å². The number of hydrogen-bond donors (Lipinski definition) is 1. The summed E-state index contributed by atoms with van der Waals surface area (Å²) < 4.78 is 0. The third-order valence-electron chi connectivity index (χ3n) is 1.93. The van der Waals surface area contributed by atoms with Gasteiger partial charge in [0.2, 0.25) is 0 Å². The standard InChI is InChI=1S/C9H11N2.C2H6.K/c1-7-2-3-8-9(11-6-7)4-5-10-8;1-2;/h2-3,6,10H,4-5H2,1H3;1-2H3;/q-1;;+1. The fourth-order valence-electron chi connectivity index (χ4n) is 1.28. The monoisotopic (exact) mass is 216 g/mol. The van der Waals surface area contributed by atoms with Gasteiger partial charge in [-0.15, -0.1) is 6.92 Å². The smallest absolute Gasteiger partial charge is 0.398 e. The van der Waals surface area contributed by atoms with E-state index in [0.717, 1.165) is 13.0 Å². The second-order valence-corrected chi connectivity index (χ2v) is 2.87. The van der Waals surface area contributed by atoms with Crippen LogP contribution >= 0.6 is 0 Å². The van der Waals surface area contributed by atoms with E-state index in [9.17, 15) is 0 Å². The van der Waals surface area contributed by atoms with Gasteiger partial charge < -0.3 is 5.32 Å². The maximum absolute atomic E-state index is 4.36. The van der Waals surface area contributed by atoms with Crippen LogP contribution in [0.15, 0.2) is 28.5 Å². The molecule has 1 N–H and O–H groups in total. The van der Waals surface area contributed by atoms with E-state index in [2.05, 4.69) is 29.4 Å². The van der Waals surface area contributed by atoms with E-state index in [0.29, 0.717) is 0 Å². The average Bonchev–Trinajstić information content (AvgIpc) is 2.56. The third kappa shape index (κ3) is 3.91. The van der Waals surface area contributed by atoms with Crippen LogP contribution in [0.4, 0.5) is 0 Å². The molecule has 2 heterocycles. The largest absolute Gasteiger partial charge is 1.00 e. The van der Waals surface area contributed by atoms with Gasteiger partial charge in [0.25, 0.3) is 0 Å². The number of nitrogens with zero attached hydrogens (tertiary/aromatic N) is 1. The molecule has 0 aromatic carbocycles. The van der Waals surface area contributed by atoms with Crippen LogP contribution in [0, 0.1) is 5.92 Å². The van der Waals surface area contributed by atoms with E-state index >= 15 is 0 Å². The van der Waals surface area contributed by atoms with Crippen LogP contribution in [0.5, 0.6) is 0 Å². The van der Waals surface area contributed by atoms with Crippen molar-refractivity contribution < 1.29 is 51.4 Å². The van der Waals surface area contributed by atoms with Crippen molar-refractivity contribution in [1.29, 1.82) is 0 Å². The van der Waals surface area contributed by atoms with Crippen molar-refractivity contribution in [2.24, 2.45) is 4.99 Å². The topological polar surface area (TPSA) is 24.4 Å². The van der Waals surface area contributed by atoms with Crippen molar-refractivity contribution in [2.75, 3.05) is 6.54 Å². The molecule has 2 aliphatic heterocycles. The zero-order valence-electron chi connectivity index (χ0n) is 9.59. The molecule has 0 radical (unpaired) electrons. The number of nitrogens with one attached hydrogen (secondary N) is 1. The van der Waals surface area contributed by atoms with Crippen LogP contribution < -0.4 is 56.7 Å². The fraction of sp³-hybridized carbons (Fsp3) is 0.455. The number of hydrogen-bond acceptors (Lipinski definition) is 2. The van der Waals surface area contributed by atoms with Crippen molar-refractivity contribution >= 4 is 6.21 Å². The molecule has 3 heteroatoms. The summed E-state index contributed by atoms with van der Waals surface area (Å²) >= 11 is 0. The molecule has 0 aromatic rings. The number of rotatable bonds is 0. The molecule has 2 nitrogen and oxygen atoms in total. The molecule has 0 saturated carbocycles. The number of allylic oxidation sites excluding steroid dienone is 2. The van der Waals surface area contributed by atoms with Gasteiger partial charge in [-0.2, -0.15) is 12.0 Å². The molecule has 72 valence electrons.